The number of fused-ring (bicyclic) bond motifs is 1. The molecule has 2 aliphatic heterocycles. The molecule has 0 bridgehead atoms. The van der Waals surface area contributed by atoms with E-state index in [1.54, 1.807) is 18.1 Å². The van der Waals surface area contributed by atoms with E-state index in [1.165, 1.54) is 26.2 Å². The van der Waals surface area contributed by atoms with Gasteiger partial charge in [0.2, 0.25) is 0 Å². The van der Waals surface area contributed by atoms with Gasteiger partial charge in [-0.2, -0.15) is 5.26 Å². The monoisotopic (exact) mass is 481 g/mol. The Morgan fingerprint density at radius 3 is 2.68 bits per heavy atom. The van der Waals surface area contributed by atoms with Crippen LogP contribution in [0.4, 0.5) is 0 Å². The summed E-state index contributed by atoms with van der Waals surface area (Å²) in [6.07, 6.45) is 7.26. The van der Waals surface area contributed by atoms with Crippen LogP contribution in [0, 0.1) is 18.4 Å². The van der Waals surface area contributed by atoms with Gasteiger partial charge in [-0.1, -0.05) is 13.8 Å². The zero-order valence-electron chi connectivity index (χ0n) is 21.5. The van der Waals surface area contributed by atoms with Gasteiger partial charge in [0.05, 0.1) is 17.9 Å². The number of rotatable bonds is 6. The highest BCUT2D eigenvalue weighted by Gasteiger charge is 2.42. The molecule has 2 saturated heterocycles. The Morgan fingerprint density at radius 1 is 1.35 bits per heavy atom. The van der Waals surface area contributed by atoms with Crippen molar-refractivity contribution in [3.63, 3.8) is 0 Å². The largest absolute Gasteiger partial charge is 0.404 e. The second kappa shape index (κ2) is 9.77. The van der Waals surface area contributed by atoms with E-state index in [1.807, 2.05) is 11.3 Å². The number of H-pyrrole nitrogens is 1. The Balaban J connectivity index is 1.73. The van der Waals surface area contributed by atoms with Crippen LogP contribution in [-0.4, -0.2) is 48.8 Å². The highest BCUT2D eigenvalue weighted by Crippen LogP contribution is 2.48. The second-order valence-corrected chi connectivity index (χ2v) is 11.5. The van der Waals surface area contributed by atoms with E-state index in [4.69, 9.17) is 10.5 Å². The summed E-state index contributed by atoms with van der Waals surface area (Å²) in [5.74, 6) is 0.826. The third kappa shape index (κ3) is 4.39. The van der Waals surface area contributed by atoms with Gasteiger partial charge >= 0.3 is 0 Å². The predicted molar refractivity (Wildman–Crippen MR) is 142 cm³/mol. The van der Waals surface area contributed by atoms with Crippen LogP contribution in [0.15, 0.2) is 17.3 Å². The molecule has 6 nitrogen and oxygen atoms in total. The molecule has 1 atom stereocenters. The SMILES string of the molecule is C/C(CN(C)C#N)=C(C)/C(=C\N)c1[nH]c2sc(C3COC4(CCNCC4)C3)c(C)c2c1C(C)C. The summed E-state index contributed by atoms with van der Waals surface area (Å²) < 4.78 is 6.43. The minimum atomic E-state index is 0.0670. The van der Waals surface area contributed by atoms with Crippen LogP contribution in [-0.2, 0) is 4.74 Å². The van der Waals surface area contributed by atoms with Crippen LogP contribution in [0.25, 0.3) is 15.8 Å². The van der Waals surface area contributed by atoms with E-state index in [-0.39, 0.29) is 5.60 Å². The number of nitrogens with zero attached hydrogens (tertiary/aromatic N) is 2. The van der Waals surface area contributed by atoms with Gasteiger partial charge < -0.3 is 25.7 Å². The lowest BCUT2D eigenvalue weighted by Gasteiger charge is -2.33. The summed E-state index contributed by atoms with van der Waals surface area (Å²) >= 11 is 1.90. The average Bonchev–Trinajstić information content (AvgIpc) is 3.47. The van der Waals surface area contributed by atoms with Gasteiger partial charge in [0.15, 0.2) is 6.19 Å². The molecule has 4 N–H and O–H groups in total. The molecular formula is C27H39N5OS. The molecule has 0 amide bonds. The first-order valence-corrected chi connectivity index (χ1v) is 13.2. The van der Waals surface area contributed by atoms with Gasteiger partial charge in [-0.05, 0) is 81.3 Å². The van der Waals surface area contributed by atoms with Gasteiger partial charge in [0, 0.05) is 41.5 Å². The summed E-state index contributed by atoms with van der Waals surface area (Å²) in [6, 6.07) is 0. The summed E-state index contributed by atoms with van der Waals surface area (Å²) in [7, 11) is 1.80. The summed E-state index contributed by atoms with van der Waals surface area (Å²) in [4.78, 5) is 8.11. The minimum Gasteiger partial charge on any atom is -0.404 e. The van der Waals surface area contributed by atoms with Crippen LogP contribution in [0.2, 0.25) is 0 Å². The fraction of sp³-hybridized carbons (Fsp3) is 0.593. The number of allylic oxidation sites excluding steroid dienone is 2. The van der Waals surface area contributed by atoms with Gasteiger partial charge in [-0.15, -0.1) is 11.3 Å². The highest BCUT2D eigenvalue weighted by atomic mass is 32.1. The van der Waals surface area contributed by atoms with E-state index in [9.17, 15) is 5.26 Å². The number of piperidine rings is 1. The van der Waals surface area contributed by atoms with Crippen LogP contribution in [0.3, 0.4) is 0 Å². The highest BCUT2D eigenvalue weighted by molar-refractivity contribution is 7.19. The number of nitriles is 1. The number of thiophene rings is 1. The van der Waals surface area contributed by atoms with Gasteiger partial charge in [0.25, 0.3) is 0 Å². The van der Waals surface area contributed by atoms with Crippen molar-refractivity contribution >= 4 is 27.1 Å². The lowest BCUT2D eigenvalue weighted by molar-refractivity contribution is -0.0192. The predicted octanol–water partition coefficient (Wildman–Crippen LogP) is 5.34. The van der Waals surface area contributed by atoms with E-state index in [0.29, 0.717) is 18.4 Å². The maximum absolute atomic E-state index is 9.19. The number of likely N-dealkylation sites (N-methyl/N-ethyl adjacent to an activating group) is 1. The topological polar surface area (TPSA) is 90.1 Å². The van der Waals surface area contributed by atoms with Crippen molar-refractivity contribution in [3.05, 3.63) is 39.0 Å². The molecule has 7 heteroatoms. The maximum Gasteiger partial charge on any atom is 0.179 e. The molecule has 0 saturated carbocycles. The molecular weight excluding hydrogens is 442 g/mol. The average molecular weight is 482 g/mol. The molecule has 2 aromatic rings. The first kappa shape index (κ1) is 24.8. The Hall–Kier alpha value is -2.27. The fourth-order valence-electron chi connectivity index (χ4n) is 5.81. The normalized spacial score (nSPS) is 21.4. The maximum atomic E-state index is 9.19. The number of hydrogen-bond acceptors (Lipinski definition) is 6. The first-order valence-electron chi connectivity index (χ1n) is 12.4. The zero-order valence-corrected chi connectivity index (χ0v) is 22.3. The van der Waals surface area contributed by atoms with Crippen molar-refractivity contribution in [2.75, 3.05) is 33.3 Å². The molecule has 2 aromatic heterocycles. The van der Waals surface area contributed by atoms with Gasteiger partial charge in [-0.3, -0.25) is 0 Å². The fourth-order valence-corrected chi connectivity index (χ4v) is 7.12. The van der Waals surface area contributed by atoms with E-state index in [0.717, 1.165) is 61.4 Å². The number of hydrogen-bond donors (Lipinski definition) is 3. The smallest absolute Gasteiger partial charge is 0.179 e. The lowest BCUT2D eigenvalue weighted by atomic mass is 9.84. The Kier molecular flexibility index (Phi) is 7.14. The van der Waals surface area contributed by atoms with Crippen molar-refractivity contribution in [1.29, 1.82) is 5.26 Å². The molecule has 0 aliphatic carbocycles. The molecule has 2 fully saturated rings. The van der Waals surface area contributed by atoms with Crippen molar-refractivity contribution < 1.29 is 4.74 Å². The first-order chi connectivity index (χ1) is 16.2. The molecule has 0 radical (unpaired) electrons. The summed E-state index contributed by atoms with van der Waals surface area (Å²) in [6.45, 7) is 14.5. The number of aromatic nitrogens is 1. The molecule has 0 aromatic carbocycles. The molecule has 184 valence electrons. The zero-order chi connectivity index (χ0) is 24.6. The number of ether oxygens (including phenoxy) is 1. The van der Waals surface area contributed by atoms with Crippen LogP contribution < -0.4 is 11.1 Å². The number of aromatic amines is 1. The summed E-state index contributed by atoms with van der Waals surface area (Å²) in [5, 5.41) is 14.0. The van der Waals surface area contributed by atoms with E-state index >= 15 is 0 Å². The van der Waals surface area contributed by atoms with Crippen molar-refractivity contribution in [2.24, 2.45) is 5.73 Å². The molecule has 34 heavy (non-hydrogen) atoms. The number of aryl methyl sites for hydroxylation is 1. The quantitative estimate of drug-likeness (QED) is 0.294. The molecule has 2 aliphatic rings. The Labute approximate surface area is 207 Å². The number of nitrogens with two attached hydrogens (primary N) is 1. The minimum absolute atomic E-state index is 0.0670. The molecule has 1 unspecified atom stereocenters. The van der Waals surface area contributed by atoms with Crippen molar-refractivity contribution in [1.82, 2.24) is 15.2 Å². The summed E-state index contributed by atoms with van der Waals surface area (Å²) in [5.41, 5.74) is 13.4. The van der Waals surface area contributed by atoms with Gasteiger partial charge in [-0.25, -0.2) is 0 Å². The number of nitrogens with one attached hydrogen (secondary N) is 2. The molecule has 4 heterocycles. The second-order valence-electron chi connectivity index (χ2n) is 10.5. The van der Waals surface area contributed by atoms with Crippen LogP contribution in [0.1, 0.15) is 80.5 Å². The Bertz CT molecular complexity index is 1160. The van der Waals surface area contributed by atoms with Crippen LogP contribution in [0.5, 0.6) is 0 Å². The van der Waals surface area contributed by atoms with Crippen molar-refractivity contribution in [2.45, 2.75) is 71.3 Å². The third-order valence-electron chi connectivity index (χ3n) is 7.76. The lowest BCUT2D eigenvalue weighted by Crippen LogP contribution is -2.41. The standard InChI is InChI=1S/C27H39N5OS/c1-16(2)22-23-19(5)25(20-11-27(33-14-20)7-9-30-10-8-27)34-26(23)31-24(22)21(12-28)18(4)17(3)13-32(6)15-29/h12,16,20,30-31H,7-11,13-14,28H2,1-6H3/b18-17-,21-12+. The van der Waals surface area contributed by atoms with Gasteiger partial charge in [0.1, 0.15) is 4.83 Å². The molecule has 1 spiro atoms. The van der Waals surface area contributed by atoms with Crippen LogP contribution >= 0.6 is 11.3 Å². The third-order valence-corrected chi connectivity index (χ3v) is 9.13. The van der Waals surface area contributed by atoms with E-state index in [2.05, 4.69) is 51.1 Å². The van der Waals surface area contributed by atoms with E-state index < -0.39 is 0 Å². The Morgan fingerprint density at radius 2 is 2.06 bits per heavy atom. The molecule has 4 rings (SSSR count). The van der Waals surface area contributed by atoms with Crippen molar-refractivity contribution in [3.8, 4) is 6.19 Å².